The number of imidazole rings is 1. The molecule has 15 heavy (non-hydrogen) atoms. The Kier molecular flexibility index (Phi) is 1.51. The molecule has 3 nitrogen and oxygen atoms in total. The number of nitrogen functional groups attached to an aromatic ring is 1. The summed E-state index contributed by atoms with van der Waals surface area (Å²) in [5, 5.41) is 1.22. The number of hydrogen-bond acceptors (Lipinski definition) is 2. The number of aryl methyl sites for hydroxylation is 1. The van der Waals surface area contributed by atoms with Crippen molar-refractivity contribution in [1.82, 2.24) is 9.38 Å². The topological polar surface area (TPSA) is 43.3 Å². The maximum absolute atomic E-state index is 5.80. The van der Waals surface area contributed by atoms with Gasteiger partial charge in [-0.25, -0.2) is 4.98 Å². The van der Waals surface area contributed by atoms with Gasteiger partial charge in [-0.05, 0) is 30.7 Å². The molecule has 2 N–H and O–H groups in total. The fraction of sp³-hybridized carbons (Fsp3) is 0.0833. The summed E-state index contributed by atoms with van der Waals surface area (Å²) >= 11 is 0. The number of nitrogens with zero attached hydrogens (tertiary/aromatic N) is 2. The molecular weight excluding hydrogens is 186 g/mol. The highest BCUT2D eigenvalue weighted by molar-refractivity contribution is 5.87. The first-order valence-corrected chi connectivity index (χ1v) is 4.87. The maximum atomic E-state index is 5.80. The molecule has 0 aliphatic rings. The molecule has 0 aliphatic carbocycles. The van der Waals surface area contributed by atoms with Crippen molar-refractivity contribution in [3.05, 3.63) is 42.2 Å². The van der Waals surface area contributed by atoms with E-state index in [1.807, 2.05) is 18.3 Å². The summed E-state index contributed by atoms with van der Waals surface area (Å²) in [7, 11) is 0. The molecule has 1 aromatic carbocycles. The van der Waals surface area contributed by atoms with E-state index in [0.717, 1.165) is 16.9 Å². The summed E-state index contributed by atoms with van der Waals surface area (Å²) in [5.74, 6) is 0. The van der Waals surface area contributed by atoms with Gasteiger partial charge in [-0.1, -0.05) is 6.07 Å². The molecule has 0 unspecified atom stereocenters. The van der Waals surface area contributed by atoms with Crippen LogP contribution in [-0.4, -0.2) is 9.38 Å². The quantitative estimate of drug-likeness (QED) is 0.562. The standard InChI is InChI=1S/C12H11N3/c1-8-6-12-14-4-5-15(12)11-7-9(13)2-3-10(8)11/h2-7H,13H2,1H3. The van der Waals surface area contributed by atoms with Gasteiger partial charge in [0.15, 0.2) is 0 Å². The van der Waals surface area contributed by atoms with Crippen LogP contribution in [0.2, 0.25) is 0 Å². The summed E-state index contributed by atoms with van der Waals surface area (Å²) in [6.45, 7) is 2.09. The zero-order valence-electron chi connectivity index (χ0n) is 8.44. The lowest BCUT2D eigenvalue weighted by molar-refractivity contribution is 1.24. The van der Waals surface area contributed by atoms with Crippen LogP contribution in [0.5, 0.6) is 0 Å². The van der Waals surface area contributed by atoms with Crippen LogP contribution in [0.4, 0.5) is 5.69 Å². The number of benzene rings is 1. The van der Waals surface area contributed by atoms with Crippen LogP contribution in [0.25, 0.3) is 16.6 Å². The van der Waals surface area contributed by atoms with Crippen molar-refractivity contribution >= 4 is 22.2 Å². The van der Waals surface area contributed by atoms with Crippen molar-refractivity contribution < 1.29 is 0 Å². The van der Waals surface area contributed by atoms with Crippen molar-refractivity contribution in [3.63, 3.8) is 0 Å². The molecular formula is C12H11N3. The van der Waals surface area contributed by atoms with Gasteiger partial charge in [-0.3, -0.25) is 4.40 Å². The Morgan fingerprint density at radius 2 is 2.13 bits per heavy atom. The van der Waals surface area contributed by atoms with Crippen molar-refractivity contribution in [2.45, 2.75) is 6.92 Å². The number of hydrogen-bond donors (Lipinski definition) is 1. The van der Waals surface area contributed by atoms with Crippen LogP contribution in [0, 0.1) is 6.92 Å². The predicted molar refractivity (Wildman–Crippen MR) is 61.8 cm³/mol. The third kappa shape index (κ3) is 1.09. The lowest BCUT2D eigenvalue weighted by Gasteiger charge is -2.06. The Bertz CT molecular complexity index is 652. The summed E-state index contributed by atoms with van der Waals surface area (Å²) in [4.78, 5) is 4.28. The van der Waals surface area contributed by atoms with E-state index in [2.05, 4.69) is 28.4 Å². The van der Waals surface area contributed by atoms with Gasteiger partial charge >= 0.3 is 0 Å². The average Bonchev–Trinajstić information content (AvgIpc) is 2.65. The molecule has 0 radical (unpaired) electrons. The summed E-state index contributed by atoms with van der Waals surface area (Å²) in [6, 6.07) is 8.05. The Morgan fingerprint density at radius 3 is 3.00 bits per heavy atom. The molecule has 0 amide bonds. The zero-order chi connectivity index (χ0) is 10.4. The second kappa shape index (κ2) is 2.73. The first-order chi connectivity index (χ1) is 7.25. The molecule has 3 rings (SSSR count). The van der Waals surface area contributed by atoms with Crippen LogP contribution in [0.15, 0.2) is 36.7 Å². The SMILES string of the molecule is Cc1cc2nccn2c2cc(N)ccc12. The van der Waals surface area contributed by atoms with Crippen LogP contribution in [-0.2, 0) is 0 Å². The van der Waals surface area contributed by atoms with Crippen LogP contribution in [0.3, 0.4) is 0 Å². The molecule has 0 spiro atoms. The van der Waals surface area contributed by atoms with Gasteiger partial charge < -0.3 is 5.73 Å². The van der Waals surface area contributed by atoms with E-state index in [4.69, 9.17) is 5.73 Å². The van der Waals surface area contributed by atoms with Crippen LogP contribution >= 0.6 is 0 Å². The van der Waals surface area contributed by atoms with Gasteiger partial charge in [-0.15, -0.1) is 0 Å². The van der Waals surface area contributed by atoms with E-state index >= 15 is 0 Å². The second-order valence-corrected chi connectivity index (χ2v) is 3.76. The molecule has 0 bridgehead atoms. The molecule has 0 aliphatic heterocycles. The number of anilines is 1. The smallest absolute Gasteiger partial charge is 0.137 e. The average molecular weight is 197 g/mol. The molecule has 3 heteroatoms. The van der Waals surface area contributed by atoms with Crippen molar-refractivity contribution in [1.29, 1.82) is 0 Å². The van der Waals surface area contributed by atoms with Crippen molar-refractivity contribution in [2.24, 2.45) is 0 Å². The zero-order valence-corrected chi connectivity index (χ0v) is 8.44. The monoisotopic (exact) mass is 197 g/mol. The largest absolute Gasteiger partial charge is 0.399 e. The fourth-order valence-electron chi connectivity index (χ4n) is 1.98. The number of nitrogens with two attached hydrogens (primary N) is 1. The number of rotatable bonds is 0. The summed E-state index contributed by atoms with van der Waals surface area (Å²) < 4.78 is 2.05. The predicted octanol–water partition coefficient (Wildman–Crippen LogP) is 2.38. The van der Waals surface area contributed by atoms with E-state index in [1.54, 1.807) is 6.20 Å². The van der Waals surface area contributed by atoms with Crippen LogP contribution < -0.4 is 5.73 Å². The van der Waals surface area contributed by atoms with Crippen LogP contribution in [0.1, 0.15) is 5.56 Å². The van der Waals surface area contributed by atoms with E-state index < -0.39 is 0 Å². The van der Waals surface area contributed by atoms with Gasteiger partial charge in [0.05, 0.1) is 5.52 Å². The van der Waals surface area contributed by atoms with E-state index in [0.29, 0.717) is 0 Å². The normalized spacial score (nSPS) is 11.3. The lowest BCUT2D eigenvalue weighted by atomic mass is 10.1. The Hall–Kier alpha value is -2.03. The first kappa shape index (κ1) is 8.29. The summed E-state index contributed by atoms with van der Waals surface area (Å²) in [5.41, 5.74) is 9.88. The number of fused-ring (bicyclic) bond motifs is 3. The Morgan fingerprint density at radius 1 is 1.27 bits per heavy atom. The van der Waals surface area contributed by atoms with E-state index in [-0.39, 0.29) is 0 Å². The van der Waals surface area contributed by atoms with Gasteiger partial charge in [0.1, 0.15) is 5.65 Å². The molecule has 0 saturated carbocycles. The highest BCUT2D eigenvalue weighted by Crippen LogP contribution is 2.22. The molecule has 2 heterocycles. The maximum Gasteiger partial charge on any atom is 0.137 e. The van der Waals surface area contributed by atoms with Gasteiger partial charge in [0, 0.05) is 23.5 Å². The fourth-order valence-corrected chi connectivity index (χ4v) is 1.98. The van der Waals surface area contributed by atoms with E-state index in [1.165, 1.54) is 10.9 Å². The van der Waals surface area contributed by atoms with Crippen molar-refractivity contribution in [2.75, 3.05) is 5.73 Å². The Balaban J connectivity index is 2.63. The molecule has 2 aromatic heterocycles. The number of aromatic nitrogens is 2. The first-order valence-electron chi connectivity index (χ1n) is 4.87. The van der Waals surface area contributed by atoms with Gasteiger partial charge in [0.2, 0.25) is 0 Å². The van der Waals surface area contributed by atoms with Gasteiger partial charge in [-0.2, -0.15) is 0 Å². The van der Waals surface area contributed by atoms with Gasteiger partial charge in [0.25, 0.3) is 0 Å². The minimum absolute atomic E-state index is 0.781. The molecule has 0 saturated heterocycles. The Labute approximate surface area is 87.2 Å². The minimum atomic E-state index is 0.781. The third-order valence-corrected chi connectivity index (χ3v) is 2.72. The molecule has 74 valence electrons. The lowest BCUT2D eigenvalue weighted by Crippen LogP contribution is -1.92. The minimum Gasteiger partial charge on any atom is -0.399 e. The summed E-state index contributed by atoms with van der Waals surface area (Å²) in [6.07, 6.45) is 3.76. The third-order valence-electron chi connectivity index (χ3n) is 2.72. The highest BCUT2D eigenvalue weighted by Gasteiger charge is 2.03. The van der Waals surface area contributed by atoms with Crippen molar-refractivity contribution in [3.8, 4) is 0 Å². The second-order valence-electron chi connectivity index (χ2n) is 3.76. The highest BCUT2D eigenvalue weighted by atomic mass is 15.0. The van der Waals surface area contributed by atoms with E-state index in [9.17, 15) is 0 Å². The molecule has 0 atom stereocenters. The molecule has 3 aromatic rings. The molecule has 0 fully saturated rings. The number of pyridine rings is 1.